The van der Waals surface area contributed by atoms with E-state index in [9.17, 15) is 9.59 Å². The second-order valence-electron chi connectivity index (χ2n) is 5.66. The summed E-state index contributed by atoms with van der Waals surface area (Å²) < 4.78 is 5.23. The highest BCUT2D eigenvalue weighted by atomic mass is 16.5. The van der Waals surface area contributed by atoms with Gasteiger partial charge < -0.3 is 20.4 Å². The average Bonchev–Trinajstić information content (AvgIpc) is 2.60. The molecule has 3 aromatic rings. The number of anilines is 2. The maximum absolute atomic E-state index is 12.3. The van der Waals surface area contributed by atoms with Crippen LogP contribution in [0.25, 0.3) is 10.9 Å². The molecule has 0 spiro atoms. The number of hydrogen-bond acceptors (Lipinski definition) is 4. The Morgan fingerprint density at radius 3 is 2.60 bits per heavy atom. The van der Waals surface area contributed by atoms with E-state index in [1.165, 1.54) is 6.92 Å². The maximum Gasteiger partial charge on any atom is 0.253 e. The molecule has 3 rings (SSSR count). The summed E-state index contributed by atoms with van der Waals surface area (Å²) in [6, 6.07) is 14.7. The fourth-order valence-corrected chi connectivity index (χ4v) is 2.61. The van der Waals surface area contributed by atoms with Crippen LogP contribution >= 0.6 is 0 Å². The van der Waals surface area contributed by atoms with Gasteiger partial charge in [0, 0.05) is 29.9 Å². The lowest BCUT2D eigenvalue weighted by atomic mass is 10.1. The highest BCUT2D eigenvalue weighted by Gasteiger charge is 2.07. The van der Waals surface area contributed by atoms with Crippen LogP contribution in [-0.4, -0.2) is 18.0 Å². The molecule has 0 fully saturated rings. The quantitative estimate of drug-likeness (QED) is 0.668. The SMILES string of the molecule is COc1ccc2[nH]c(=O)c(CNc3ccccc3NC(C)=O)cc2c1. The molecule has 1 amide bonds. The average molecular weight is 337 g/mol. The number of nitrogens with one attached hydrogen (secondary N) is 3. The minimum atomic E-state index is -0.151. The molecule has 0 saturated carbocycles. The molecule has 6 heteroatoms. The van der Waals surface area contributed by atoms with Gasteiger partial charge in [-0.05, 0) is 36.4 Å². The predicted octanol–water partition coefficient (Wildman–Crippen LogP) is 3.11. The smallest absolute Gasteiger partial charge is 0.253 e. The molecule has 1 aromatic heterocycles. The summed E-state index contributed by atoms with van der Waals surface area (Å²) >= 11 is 0. The monoisotopic (exact) mass is 337 g/mol. The summed E-state index contributed by atoms with van der Waals surface area (Å²) in [6.07, 6.45) is 0. The minimum absolute atomic E-state index is 0.148. The standard InChI is InChI=1S/C19H19N3O3/c1-12(23)21-18-6-4-3-5-17(18)20-11-14-9-13-10-15(25-2)7-8-16(13)22-19(14)24/h3-10,20H,11H2,1-2H3,(H,21,23)(H,22,24). The fourth-order valence-electron chi connectivity index (χ4n) is 2.61. The van der Waals surface area contributed by atoms with E-state index in [2.05, 4.69) is 15.6 Å². The fraction of sp³-hybridized carbons (Fsp3) is 0.158. The van der Waals surface area contributed by atoms with Crippen molar-refractivity contribution in [2.24, 2.45) is 0 Å². The molecular weight excluding hydrogens is 318 g/mol. The maximum atomic E-state index is 12.3. The number of aromatic amines is 1. The van der Waals surface area contributed by atoms with E-state index in [1.807, 2.05) is 36.4 Å². The van der Waals surface area contributed by atoms with Gasteiger partial charge in [0.05, 0.1) is 18.5 Å². The zero-order valence-corrected chi connectivity index (χ0v) is 14.1. The Morgan fingerprint density at radius 1 is 1.12 bits per heavy atom. The second kappa shape index (κ2) is 7.09. The molecule has 0 aliphatic rings. The molecule has 128 valence electrons. The van der Waals surface area contributed by atoms with Crippen molar-refractivity contribution in [2.45, 2.75) is 13.5 Å². The number of ether oxygens (including phenoxy) is 1. The molecule has 0 aliphatic carbocycles. The number of carbonyl (C=O) groups excluding carboxylic acids is 1. The molecule has 25 heavy (non-hydrogen) atoms. The third-order valence-corrected chi connectivity index (χ3v) is 3.84. The normalized spacial score (nSPS) is 10.5. The van der Waals surface area contributed by atoms with Crippen molar-refractivity contribution in [3.63, 3.8) is 0 Å². The van der Waals surface area contributed by atoms with Crippen LogP contribution in [0.5, 0.6) is 5.75 Å². The van der Waals surface area contributed by atoms with Crippen molar-refractivity contribution in [1.82, 2.24) is 4.98 Å². The Labute approximate surface area is 144 Å². The molecule has 0 unspecified atom stereocenters. The summed E-state index contributed by atoms with van der Waals surface area (Å²) in [6.45, 7) is 1.79. The summed E-state index contributed by atoms with van der Waals surface area (Å²) in [5.41, 5.74) is 2.63. The van der Waals surface area contributed by atoms with Crippen LogP contribution in [0.3, 0.4) is 0 Å². The van der Waals surface area contributed by atoms with E-state index in [4.69, 9.17) is 4.74 Å². The second-order valence-corrected chi connectivity index (χ2v) is 5.66. The van der Waals surface area contributed by atoms with Gasteiger partial charge in [-0.2, -0.15) is 0 Å². The Morgan fingerprint density at radius 2 is 1.88 bits per heavy atom. The van der Waals surface area contributed by atoms with E-state index in [0.29, 0.717) is 17.8 Å². The predicted molar refractivity (Wildman–Crippen MR) is 99.2 cm³/mol. The number of benzene rings is 2. The first-order valence-electron chi connectivity index (χ1n) is 7.87. The third-order valence-electron chi connectivity index (χ3n) is 3.84. The largest absolute Gasteiger partial charge is 0.497 e. The lowest BCUT2D eigenvalue weighted by Crippen LogP contribution is -2.16. The molecule has 1 heterocycles. The van der Waals surface area contributed by atoms with Crippen LogP contribution in [0.4, 0.5) is 11.4 Å². The number of para-hydroxylation sites is 2. The number of methoxy groups -OCH3 is 1. The molecule has 0 radical (unpaired) electrons. The number of rotatable bonds is 5. The van der Waals surface area contributed by atoms with Crippen molar-refractivity contribution in [3.8, 4) is 5.75 Å². The van der Waals surface area contributed by atoms with Crippen LogP contribution < -0.4 is 20.9 Å². The number of fused-ring (bicyclic) bond motifs is 1. The first kappa shape index (κ1) is 16.6. The first-order chi connectivity index (χ1) is 12.1. The van der Waals surface area contributed by atoms with Gasteiger partial charge in [-0.3, -0.25) is 9.59 Å². The Balaban J connectivity index is 1.87. The van der Waals surface area contributed by atoms with E-state index < -0.39 is 0 Å². The summed E-state index contributed by atoms with van der Waals surface area (Å²) in [5.74, 6) is 0.583. The van der Waals surface area contributed by atoms with E-state index in [0.717, 1.165) is 22.3 Å². The van der Waals surface area contributed by atoms with Gasteiger partial charge in [0.1, 0.15) is 5.75 Å². The van der Waals surface area contributed by atoms with Crippen molar-refractivity contribution in [1.29, 1.82) is 0 Å². The van der Waals surface area contributed by atoms with Gasteiger partial charge in [0.15, 0.2) is 0 Å². The molecule has 0 saturated heterocycles. The molecule has 0 aliphatic heterocycles. The van der Waals surface area contributed by atoms with E-state index in [-0.39, 0.29) is 11.5 Å². The van der Waals surface area contributed by atoms with E-state index in [1.54, 1.807) is 19.2 Å². The number of aromatic nitrogens is 1. The lowest BCUT2D eigenvalue weighted by molar-refractivity contribution is -0.114. The Hall–Kier alpha value is -3.28. The molecular formula is C19H19N3O3. The highest BCUT2D eigenvalue weighted by Crippen LogP contribution is 2.22. The van der Waals surface area contributed by atoms with Crippen molar-refractivity contribution in [2.75, 3.05) is 17.7 Å². The Bertz CT molecular complexity index is 979. The van der Waals surface area contributed by atoms with Crippen LogP contribution in [0, 0.1) is 0 Å². The van der Waals surface area contributed by atoms with Crippen LogP contribution in [0.2, 0.25) is 0 Å². The van der Waals surface area contributed by atoms with Crippen LogP contribution in [0.1, 0.15) is 12.5 Å². The zero-order valence-electron chi connectivity index (χ0n) is 14.1. The molecule has 6 nitrogen and oxygen atoms in total. The molecule has 0 atom stereocenters. The van der Waals surface area contributed by atoms with Gasteiger partial charge in [-0.1, -0.05) is 12.1 Å². The van der Waals surface area contributed by atoms with Gasteiger partial charge >= 0.3 is 0 Å². The molecule has 0 bridgehead atoms. The first-order valence-corrected chi connectivity index (χ1v) is 7.87. The zero-order chi connectivity index (χ0) is 17.8. The summed E-state index contributed by atoms with van der Waals surface area (Å²) in [7, 11) is 1.61. The summed E-state index contributed by atoms with van der Waals surface area (Å²) in [4.78, 5) is 26.4. The topological polar surface area (TPSA) is 83.2 Å². The van der Waals surface area contributed by atoms with Crippen molar-refractivity contribution in [3.05, 3.63) is 64.4 Å². The Kier molecular flexibility index (Phi) is 4.70. The van der Waals surface area contributed by atoms with Gasteiger partial charge in [-0.25, -0.2) is 0 Å². The van der Waals surface area contributed by atoms with Crippen LogP contribution in [-0.2, 0) is 11.3 Å². The van der Waals surface area contributed by atoms with E-state index >= 15 is 0 Å². The molecule has 3 N–H and O–H groups in total. The number of hydrogen-bond donors (Lipinski definition) is 3. The summed E-state index contributed by atoms with van der Waals surface area (Å²) in [5, 5.41) is 6.86. The number of amides is 1. The van der Waals surface area contributed by atoms with Crippen LogP contribution in [0.15, 0.2) is 53.3 Å². The van der Waals surface area contributed by atoms with Crippen molar-refractivity contribution < 1.29 is 9.53 Å². The van der Waals surface area contributed by atoms with Gasteiger partial charge in [0.25, 0.3) is 5.56 Å². The van der Waals surface area contributed by atoms with Gasteiger partial charge in [0.2, 0.25) is 5.91 Å². The molecule has 2 aromatic carbocycles. The minimum Gasteiger partial charge on any atom is -0.497 e. The third kappa shape index (κ3) is 3.80. The lowest BCUT2D eigenvalue weighted by Gasteiger charge is -2.12. The van der Waals surface area contributed by atoms with Crippen molar-refractivity contribution >= 4 is 28.2 Å². The number of H-pyrrole nitrogens is 1. The highest BCUT2D eigenvalue weighted by molar-refractivity contribution is 5.92. The number of carbonyl (C=O) groups is 1. The van der Waals surface area contributed by atoms with Gasteiger partial charge in [-0.15, -0.1) is 0 Å². The number of pyridine rings is 1.